The molecular formula is C37H55N5O7. The zero-order chi connectivity index (χ0) is 37.0. The Kier molecular flexibility index (Phi) is 12.5. The van der Waals surface area contributed by atoms with Gasteiger partial charge in [-0.05, 0) is 68.4 Å². The predicted molar refractivity (Wildman–Crippen MR) is 185 cm³/mol. The van der Waals surface area contributed by atoms with Crippen molar-refractivity contribution in [2.75, 3.05) is 13.7 Å². The van der Waals surface area contributed by atoms with Crippen molar-refractivity contribution in [1.29, 1.82) is 0 Å². The van der Waals surface area contributed by atoms with E-state index in [-0.39, 0.29) is 36.5 Å². The van der Waals surface area contributed by atoms with Crippen molar-refractivity contribution in [3.63, 3.8) is 0 Å². The smallest absolute Gasteiger partial charge is 0.316 e. The van der Waals surface area contributed by atoms with Crippen molar-refractivity contribution >= 4 is 35.3 Å². The quantitative estimate of drug-likeness (QED) is 0.161. The fraction of sp³-hybridized carbons (Fsp3) is 0.676. The molecule has 12 heteroatoms. The van der Waals surface area contributed by atoms with E-state index < -0.39 is 70.5 Å². The van der Waals surface area contributed by atoms with Gasteiger partial charge >= 0.3 is 6.03 Å². The second kappa shape index (κ2) is 15.6. The van der Waals surface area contributed by atoms with E-state index in [2.05, 4.69) is 21.9 Å². The third kappa shape index (κ3) is 9.52. The highest BCUT2D eigenvalue weighted by molar-refractivity contribution is 6.37. The number of likely N-dealkylation sites (tertiary alicyclic amines) is 1. The molecule has 0 spiro atoms. The predicted octanol–water partition coefficient (Wildman–Crippen LogP) is 3.01. The van der Waals surface area contributed by atoms with E-state index in [0.29, 0.717) is 24.2 Å². The Labute approximate surface area is 290 Å². The van der Waals surface area contributed by atoms with Gasteiger partial charge in [0.05, 0.1) is 19.2 Å². The van der Waals surface area contributed by atoms with Gasteiger partial charge < -0.3 is 31.3 Å². The van der Waals surface area contributed by atoms with Crippen molar-refractivity contribution in [1.82, 2.24) is 20.9 Å². The number of carbonyl (C=O) groups is 6. The molecule has 6 atom stereocenters. The number of allylic oxidation sites excluding steroid dienone is 2. The SMILES string of the molecule is C#CC(C)(C)[C@H]1CCN(C(=O)[C@@H](NC(=O)N[C@H](C(=O)C2=CC(OC)=CC[C@H]2C)C(C)C)C(C)(C)C)[C@@H]1C(=O)NC(CC1CC1)C(=O)C(N)=O. The van der Waals surface area contributed by atoms with Gasteiger partial charge in [0.25, 0.3) is 5.91 Å². The number of hydrogen-bond acceptors (Lipinski definition) is 7. The lowest BCUT2D eigenvalue weighted by molar-refractivity contribution is -0.144. The summed E-state index contributed by atoms with van der Waals surface area (Å²) < 4.78 is 5.34. The van der Waals surface area contributed by atoms with Gasteiger partial charge in [-0.15, -0.1) is 12.3 Å². The van der Waals surface area contributed by atoms with Crippen LogP contribution in [0.3, 0.4) is 0 Å². The topological polar surface area (TPSA) is 177 Å². The van der Waals surface area contributed by atoms with Crippen LogP contribution in [-0.2, 0) is 28.7 Å². The van der Waals surface area contributed by atoms with Crippen molar-refractivity contribution in [3.8, 4) is 12.3 Å². The number of rotatable bonds is 14. The highest BCUT2D eigenvalue weighted by Gasteiger charge is 2.51. The first kappa shape index (κ1) is 39.3. The van der Waals surface area contributed by atoms with E-state index in [4.69, 9.17) is 16.9 Å². The maximum absolute atomic E-state index is 14.4. The largest absolute Gasteiger partial charge is 0.497 e. The number of primary amides is 1. The number of nitrogens with two attached hydrogens (primary N) is 1. The van der Waals surface area contributed by atoms with Crippen LogP contribution in [0.5, 0.6) is 0 Å². The van der Waals surface area contributed by atoms with Gasteiger partial charge in [0.15, 0.2) is 5.78 Å². The average molecular weight is 682 g/mol. The highest BCUT2D eigenvalue weighted by atomic mass is 16.5. The lowest BCUT2D eigenvalue weighted by Crippen LogP contribution is -2.62. The summed E-state index contributed by atoms with van der Waals surface area (Å²) in [6, 6.07) is -4.89. The summed E-state index contributed by atoms with van der Waals surface area (Å²) in [5.74, 6) is -0.683. The fourth-order valence-corrected chi connectivity index (χ4v) is 6.65. The second-order valence-electron chi connectivity index (χ2n) is 15.8. The number of nitrogens with zero attached hydrogens (tertiary/aromatic N) is 1. The van der Waals surface area contributed by atoms with E-state index in [1.807, 2.05) is 40.7 Å². The van der Waals surface area contributed by atoms with Gasteiger partial charge in [0.1, 0.15) is 17.8 Å². The van der Waals surface area contributed by atoms with Crippen LogP contribution >= 0.6 is 0 Å². The van der Waals surface area contributed by atoms with Crippen molar-refractivity contribution < 1.29 is 33.5 Å². The number of terminal acetylenes is 1. The molecule has 5 amide bonds. The second-order valence-corrected chi connectivity index (χ2v) is 15.8. The number of amides is 5. The molecule has 1 unspecified atom stereocenters. The monoisotopic (exact) mass is 681 g/mol. The van der Waals surface area contributed by atoms with Crippen molar-refractivity contribution in [2.24, 2.45) is 40.2 Å². The lowest BCUT2D eigenvalue weighted by Gasteiger charge is -2.38. The Morgan fingerprint density at radius 1 is 1.04 bits per heavy atom. The molecule has 0 aromatic carbocycles. The van der Waals surface area contributed by atoms with Crippen LogP contribution in [0.1, 0.15) is 87.5 Å². The van der Waals surface area contributed by atoms with Gasteiger partial charge in [-0.1, -0.05) is 54.4 Å². The van der Waals surface area contributed by atoms with E-state index in [0.717, 1.165) is 12.8 Å². The highest BCUT2D eigenvalue weighted by Crippen LogP contribution is 2.40. The molecule has 0 aromatic rings. The van der Waals surface area contributed by atoms with Crippen LogP contribution in [0.15, 0.2) is 23.5 Å². The number of hydrogen-bond donors (Lipinski definition) is 4. The molecule has 270 valence electrons. The molecular weight excluding hydrogens is 626 g/mol. The summed E-state index contributed by atoms with van der Waals surface area (Å²) in [5, 5.41) is 8.34. The van der Waals surface area contributed by atoms with Gasteiger partial charge in [0, 0.05) is 23.5 Å². The molecule has 49 heavy (non-hydrogen) atoms. The number of urea groups is 1. The molecule has 1 aliphatic heterocycles. The standard InChI is InChI=1S/C37H55N5O7/c1-11-37(8,9)25-16-17-42(28(25)33(46)39-26(18-22-13-14-22)30(44)32(38)45)34(47)31(36(5,6)7)41-35(48)40-27(20(2)3)29(43)24-19-23(49-10)15-12-21(24)4/h1,15,19-22,25-28,31H,12-14,16-18H2,2-10H3,(H2,38,45)(H,39,46)(H2,40,41,48)/t21-,25+,26?,27+,28+,31-/m1/s1. The fourth-order valence-electron chi connectivity index (χ4n) is 6.65. The maximum Gasteiger partial charge on any atom is 0.316 e. The van der Waals surface area contributed by atoms with Crippen LogP contribution in [0.4, 0.5) is 4.79 Å². The van der Waals surface area contributed by atoms with Gasteiger partial charge in [-0.2, -0.15) is 0 Å². The molecule has 1 heterocycles. The molecule has 0 bridgehead atoms. The molecule has 2 fully saturated rings. The van der Waals surface area contributed by atoms with Crippen LogP contribution in [0.25, 0.3) is 0 Å². The summed E-state index contributed by atoms with van der Waals surface area (Å²) in [5.41, 5.74) is 4.23. The van der Waals surface area contributed by atoms with Gasteiger partial charge in [0.2, 0.25) is 17.6 Å². The van der Waals surface area contributed by atoms with Crippen LogP contribution in [-0.4, -0.2) is 78.0 Å². The lowest BCUT2D eigenvalue weighted by atomic mass is 9.75. The minimum Gasteiger partial charge on any atom is -0.497 e. The average Bonchev–Trinajstić information content (AvgIpc) is 3.73. The van der Waals surface area contributed by atoms with E-state index in [1.54, 1.807) is 26.8 Å². The van der Waals surface area contributed by atoms with Crippen LogP contribution in [0, 0.1) is 46.8 Å². The normalized spacial score (nSPS) is 22.9. The van der Waals surface area contributed by atoms with Gasteiger partial charge in [-0.3, -0.25) is 24.0 Å². The van der Waals surface area contributed by atoms with Crippen LogP contribution in [0.2, 0.25) is 0 Å². The Morgan fingerprint density at radius 3 is 2.18 bits per heavy atom. The van der Waals surface area contributed by atoms with Crippen LogP contribution < -0.4 is 21.7 Å². The zero-order valence-electron chi connectivity index (χ0n) is 30.5. The van der Waals surface area contributed by atoms with Gasteiger partial charge in [-0.25, -0.2) is 4.79 Å². The van der Waals surface area contributed by atoms with Crippen molar-refractivity contribution in [3.05, 3.63) is 23.5 Å². The first-order valence-corrected chi connectivity index (χ1v) is 17.2. The molecule has 1 saturated heterocycles. The molecule has 3 rings (SSSR count). The number of methoxy groups -OCH3 is 1. The molecule has 2 aliphatic carbocycles. The first-order valence-electron chi connectivity index (χ1n) is 17.2. The summed E-state index contributed by atoms with van der Waals surface area (Å²) in [6.45, 7) is 14.8. The number of Topliss-reactive ketones (excluding diaryl/α,β-unsaturated/α-hetero) is 2. The third-order valence-corrected chi connectivity index (χ3v) is 10.0. The summed E-state index contributed by atoms with van der Waals surface area (Å²) in [7, 11) is 1.53. The third-order valence-electron chi connectivity index (χ3n) is 10.0. The molecule has 1 saturated carbocycles. The minimum absolute atomic E-state index is 0.0676. The van der Waals surface area contributed by atoms with E-state index in [9.17, 15) is 28.8 Å². The summed E-state index contributed by atoms with van der Waals surface area (Å²) in [4.78, 5) is 81.8. The van der Waals surface area contributed by atoms with E-state index in [1.165, 1.54) is 12.0 Å². The summed E-state index contributed by atoms with van der Waals surface area (Å²) >= 11 is 0. The molecule has 0 radical (unpaired) electrons. The number of carbonyl (C=O) groups excluding carboxylic acids is 6. The minimum atomic E-state index is -1.14. The molecule has 5 N–H and O–H groups in total. The molecule has 12 nitrogen and oxygen atoms in total. The Hall–Kier alpha value is -4.14. The molecule has 0 aromatic heterocycles. The molecule has 3 aliphatic rings. The Morgan fingerprint density at radius 2 is 1.67 bits per heavy atom. The zero-order valence-corrected chi connectivity index (χ0v) is 30.5. The number of ketones is 2. The number of nitrogens with one attached hydrogen (secondary N) is 3. The summed E-state index contributed by atoms with van der Waals surface area (Å²) in [6.07, 6.45) is 12.6. The number of ether oxygens (including phenoxy) is 1. The Balaban J connectivity index is 1.89. The maximum atomic E-state index is 14.4. The van der Waals surface area contributed by atoms with E-state index >= 15 is 0 Å². The van der Waals surface area contributed by atoms with Crippen molar-refractivity contribution in [2.45, 2.75) is 112 Å². The Bertz CT molecular complexity index is 1430. The first-order chi connectivity index (χ1) is 22.7.